The van der Waals surface area contributed by atoms with E-state index in [2.05, 4.69) is 4.98 Å². The van der Waals surface area contributed by atoms with Gasteiger partial charge in [-0.15, -0.1) is 11.3 Å². The zero-order chi connectivity index (χ0) is 14.8. The minimum absolute atomic E-state index is 0.150. The molecule has 1 atom stereocenters. The minimum atomic E-state index is -0.839. The van der Waals surface area contributed by atoms with Crippen molar-refractivity contribution in [2.45, 2.75) is 26.7 Å². The highest BCUT2D eigenvalue weighted by atomic mass is 32.1. The molecule has 1 aromatic heterocycles. The van der Waals surface area contributed by atoms with Crippen LogP contribution in [0, 0.1) is 12.3 Å². The predicted octanol–water partition coefficient (Wildman–Crippen LogP) is 2.18. The molecule has 0 radical (unpaired) electrons. The number of carboxylic acids is 1. The van der Waals surface area contributed by atoms with Gasteiger partial charge in [-0.1, -0.05) is 0 Å². The number of rotatable bonds is 3. The Morgan fingerprint density at radius 2 is 2.30 bits per heavy atom. The molecule has 108 valence electrons. The van der Waals surface area contributed by atoms with Crippen LogP contribution in [0.25, 0.3) is 6.08 Å². The maximum atomic E-state index is 12.1. The molecule has 1 aromatic rings. The van der Waals surface area contributed by atoms with Crippen molar-refractivity contribution in [3.05, 3.63) is 22.2 Å². The first-order valence-electron chi connectivity index (χ1n) is 6.53. The van der Waals surface area contributed by atoms with Crippen LogP contribution in [0.15, 0.2) is 11.5 Å². The molecule has 1 fully saturated rings. The molecule has 5 nitrogen and oxygen atoms in total. The Labute approximate surface area is 121 Å². The van der Waals surface area contributed by atoms with Crippen molar-refractivity contribution in [2.24, 2.45) is 5.41 Å². The molecule has 2 heterocycles. The molecule has 20 heavy (non-hydrogen) atoms. The fraction of sp³-hybridized carbons (Fsp3) is 0.500. The number of likely N-dealkylation sites (tertiary alicyclic amines) is 1. The summed E-state index contributed by atoms with van der Waals surface area (Å²) in [7, 11) is 0. The number of amides is 1. The summed E-state index contributed by atoms with van der Waals surface area (Å²) in [5, 5.41) is 12.1. The van der Waals surface area contributed by atoms with Gasteiger partial charge in [0, 0.05) is 24.5 Å². The second-order valence-electron chi connectivity index (χ2n) is 5.35. The van der Waals surface area contributed by atoms with Crippen LogP contribution in [-0.2, 0) is 9.59 Å². The summed E-state index contributed by atoms with van der Waals surface area (Å²) < 4.78 is 0. The molecule has 1 N–H and O–H groups in total. The number of carbonyl (C=O) groups is 2. The first-order valence-corrected chi connectivity index (χ1v) is 7.41. The molecule has 0 saturated carbocycles. The Morgan fingerprint density at radius 3 is 2.90 bits per heavy atom. The van der Waals surface area contributed by atoms with Gasteiger partial charge in [-0.2, -0.15) is 0 Å². The van der Waals surface area contributed by atoms with E-state index < -0.39 is 11.4 Å². The summed E-state index contributed by atoms with van der Waals surface area (Å²) in [6.07, 6.45) is 4.49. The Bertz CT molecular complexity index is 552. The number of carbonyl (C=O) groups excluding carboxylic acids is 1. The smallest absolute Gasteiger partial charge is 0.311 e. The van der Waals surface area contributed by atoms with Crippen LogP contribution in [0.3, 0.4) is 0 Å². The molecule has 1 aliphatic heterocycles. The molecule has 1 unspecified atom stereocenters. The van der Waals surface area contributed by atoms with E-state index in [0.29, 0.717) is 13.0 Å². The number of piperidine rings is 1. The van der Waals surface area contributed by atoms with Crippen LogP contribution in [0.2, 0.25) is 0 Å². The molecule has 6 heteroatoms. The molecular weight excluding hydrogens is 276 g/mol. The summed E-state index contributed by atoms with van der Waals surface area (Å²) in [4.78, 5) is 29.2. The van der Waals surface area contributed by atoms with E-state index in [0.717, 1.165) is 17.1 Å². The number of nitrogens with zero attached hydrogens (tertiary/aromatic N) is 2. The number of carboxylic acid groups (broad SMARTS) is 1. The fourth-order valence-electron chi connectivity index (χ4n) is 2.32. The standard InChI is InChI=1S/C14H18N2O3S/c1-10-15-11(8-20-10)4-5-12(17)16-7-3-6-14(2,9-16)13(18)19/h4-5,8H,3,6-7,9H2,1-2H3,(H,18,19). The third-order valence-corrected chi connectivity index (χ3v) is 4.35. The highest BCUT2D eigenvalue weighted by molar-refractivity contribution is 7.09. The maximum absolute atomic E-state index is 12.1. The first-order chi connectivity index (χ1) is 9.40. The molecule has 0 aromatic carbocycles. The van der Waals surface area contributed by atoms with Gasteiger partial charge >= 0.3 is 5.97 Å². The highest BCUT2D eigenvalue weighted by Gasteiger charge is 2.38. The Hall–Kier alpha value is -1.69. The lowest BCUT2D eigenvalue weighted by Crippen LogP contribution is -2.47. The average molecular weight is 294 g/mol. The van der Waals surface area contributed by atoms with E-state index in [9.17, 15) is 14.7 Å². The molecular formula is C14H18N2O3S. The molecule has 2 rings (SSSR count). The van der Waals surface area contributed by atoms with Gasteiger partial charge in [-0.25, -0.2) is 4.98 Å². The second-order valence-corrected chi connectivity index (χ2v) is 6.42. The van der Waals surface area contributed by atoms with E-state index >= 15 is 0 Å². The third-order valence-electron chi connectivity index (χ3n) is 3.56. The van der Waals surface area contributed by atoms with Gasteiger partial charge in [0.1, 0.15) is 0 Å². The van der Waals surface area contributed by atoms with Crippen molar-refractivity contribution >= 4 is 29.3 Å². The van der Waals surface area contributed by atoms with E-state index in [4.69, 9.17) is 0 Å². The van der Waals surface area contributed by atoms with Crippen molar-refractivity contribution in [1.29, 1.82) is 0 Å². The lowest BCUT2D eigenvalue weighted by atomic mass is 9.82. The molecule has 1 aliphatic rings. The summed E-state index contributed by atoms with van der Waals surface area (Å²) in [5.74, 6) is -0.989. The van der Waals surface area contributed by atoms with Crippen molar-refractivity contribution in [1.82, 2.24) is 9.88 Å². The number of hydrogen-bond acceptors (Lipinski definition) is 4. The van der Waals surface area contributed by atoms with Crippen LogP contribution in [0.1, 0.15) is 30.5 Å². The number of aliphatic carboxylic acids is 1. The van der Waals surface area contributed by atoms with Gasteiger partial charge in [0.2, 0.25) is 5.91 Å². The van der Waals surface area contributed by atoms with Crippen molar-refractivity contribution in [3.63, 3.8) is 0 Å². The molecule has 1 saturated heterocycles. The van der Waals surface area contributed by atoms with Crippen LogP contribution >= 0.6 is 11.3 Å². The Balaban J connectivity index is 2.02. The van der Waals surface area contributed by atoms with Gasteiger partial charge in [-0.3, -0.25) is 9.59 Å². The Kier molecular flexibility index (Phi) is 4.23. The van der Waals surface area contributed by atoms with Crippen LogP contribution in [0.5, 0.6) is 0 Å². The van der Waals surface area contributed by atoms with Gasteiger partial charge in [0.15, 0.2) is 0 Å². The zero-order valence-electron chi connectivity index (χ0n) is 11.6. The van der Waals surface area contributed by atoms with Crippen molar-refractivity contribution in [2.75, 3.05) is 13.1 Å². The lowest BCUT2D eigenvalue weighted by Gasteiger charge is -2.37. The zero-order valence-corrected chi connectivity index (χ0v) is 12.4. The van der Waals surface area contributed by atoms with E-state index in [1.165, 1.54) is 17.4 Å². The van der Waals surface area contributed by atoms with Crippen LogP contribution in [-0.4, -0.2) is 40.0 Å². The Morgan fingerprint density at radius 1 is 1.55 bits per heavy atom. The van der Waals surface area contributed by atoms with Gasteiger partial charge in [0.25, 0.3) is 0 Å². The molecule has 0 aliphatic carbocycles. The van der Waals surface area contributed by atoms with Gasteiger partial charge < -0.3 is 10.0 Å². The highest BCUT2D eigenvalue weighted by Crippen LogP contribution is 2.29. The first kappa shape index (κ1) is 14.7. The van der Waals surface area contributed by atoms with Crippen LogP contribution < -0.4 is 0 Å². The summed E-state index contributed by atoms with van der Waals surface area (Å²) in [5.41, 5.74) is -0.0715. The second kappa shape index (κ2) is 5.75. The quantitative estimate of drug-likeness (QED) is 0.867. The predicted molar refractivity (Wildman–Crippen MR) is 77.4 cm³/mol. The van der Waals surface area contributed by atoms with Crippen molar-refractivity contribution < 1.29 is 14.7 Å². The maximum Gasteiger partial charge on any atom is 0.311 e. The molecule has 0 spiro atoms. The van der Waals surface area contributed by atoms with Gasteiger partial charge in [-0.05, 0) is 32.8 Å². The fourth-order valence-corrected chi connectivity index (χ4v) is 2.90. The van der Waals surface area contributed by atoms with Gasteiger partial charge in [0.05, 0.1) is 16.1 Å². The number of thiazole rings is 1. The average Bonchev–Trinajstić information content (AvgIpc) is 2.81. The summed E-state index contributed by atoms with van der Waals surface area (Å²) in [6, 6.07) is 0. The third kappa shape index (κ3) is 3.25. The van der Waals surface area contributed by atoms with E-state index in [1.807, 2.05) is 12.3 Å². The van der Waals surface area contributed by atoms with E-state index in [-0.39, 0.29) is 12.5 Å². The topological polar surface area (TPSA) is 70.5 Å². The van der Waals surface area contributed by atoms with Crippen LogP contribution in [0.4, 0.5) is 0 Å². The molecule has 1 amide bonds. The number of aromatic nitrogens is 1. The van der Waals surface area contributed by atoms with Crippen molar-refractivity contribution in [3.8, 4) is 0 Å². The normalized spacial score (nSPS) is 23.2. The van der Waals surface area contributed by atoms with E-state index in [1.54, 1.807) is 17.9 Å². The summed E-state index contributed by atoms with van der Waals surface area (Å²) in [6.45, 7) is 4.48. The SMILES string of the molecule is Cc1nc(C=CC(=O)N2CCCC(C)(C(=O)O)C2)cs1. The number of hydrogen-bond donors (Lipinski definition) is 1. The monoisotopic (exact) mass is 294 g/mol. The lowest BCUT2D eigenvalue weighted by molar-refractivity contribution is -0.152. The molecule has 0 bridgehead atoms. The minimum Gasteiger partial charge on any atom is -0.481 e. The number of aryl methyl sites for hydroxylation is 1. The summed E-state index contributed by atoms with van der Waals surface area (Å²) >= 11 is 1.53. The largest absolute Gasteiger partial charge is 0.481 e.